The molecule has 8 nitrogen and oxygen atoms in total. The highest BCUT2D eigenvalue weighted by Gasteiger charge is 2.44. The van der Waals surface area contributed by atoms with Gasteiger partial charge in [-0.05, 0) is 70.0 Å². The van der Waals surface area contributed by atoms with Crippen LogP contribution in [0, 0.1) is 0 Å². The zero-order valence-electron chi connectivity index (χ0n) is 20.6. The summed E-state index contributed by atoms with van der Waals surface area (Å²) in [4.78, 5) is 25.1. The molecule has 2 atom stereocenters. The highest BCUT2D eigenvalue weighted by Crippen LogP contribution is 2.39. The number of carbonyl (C=O) groups excluding carboxylic acids is 2. The summed E-state index contributed by atoms with van der Waals surface area (Å²) < 4.78 is 21.9. The van der Waals surface area contributed by atoms with Crippen LogP contribution in [0.15, 0.2) is 72.8 Å². The van der Waals surface area contributed by atoms with Crippen molar-refractivity contribution in [2.45, 2.75) is 58.9 Å². The molecule has 0 amide bonds. The molecule has 188 valence electrons. The van der Waals surface area contributed by atoms with E-state index in [-0.39, 0.29) is 11.1 Å². The van der Waals surface area contributed by atoms with E-state index in [1.54, 1.807) is 55.5 Å². The van der Waals surface area contributed by atoms with Crippen molar-refractivity contribution in [2.75, 3.05) is 0 Å². The Morgan fingerprint density at radius 3 is 1.31 bits per heavy atom. The van der Waals surface area contributed by atoms with Crippen molar-refractivity contribution >= 4 is 11.9 Å². The maximum absolute atomic E-state index is 12.5. The predicted octanol–water partition coefficient (Wildman–Crippen LogP) is 3.99. The zero-order valence-corrected chi connectivity index (χ0v) is 20.6. The zero-order chi connectivity index (χ0) is 26.3. The molecule has 35 heavy (non-hydrogen) atoms. The Morgan fingerprint density at radius 2 is 1.06 bits per heavy atom. The molecule has 2 aromatic carbocycles. The van der Waals surface area contributed by atoms with Crippen LogP contribution in [-0.4, -0.2) is 41.0 Å². The lowest BCUT2D eigenvalue weighted by atomic mass is 9.75. The van der Waals surface area contributed by atoms with Crippen molar-refractivity contribution < 1.29 is 38.7 Å². The highest BCUT2D eigenvalue weighted by atomic mass is 16.7. The Labute approximate surface area is 205 Å². The first-order chi connectivity index (χ1) is 16.3. The van der Waals surface area contributed by atoms with E-state index in [9.17, 15) is 19.8 Å². The molecule has 0 saturated carbocycles. The second-order valence-corrected chi connectivity index (χ2v) is 8.39. The van der Waals surface area contributed by atoms with E-state index in [0.29, 0.717) is 22.6 Å². The second kappa shape index (κ2) is 11.7. The minimum atomic E-state index is -1.40. The van der Waals surface area contributed by atoms with Gasteiger partial charge in [-0.1, -0.05) is 37.4 Å². The summed E-state index contributed by atoms with van der Waals surface area (Å²) in [6, 6.07) is 13.4. The SMILES string of the molecule is C=C(C)C(=O)OC(OC(=O)C(=C)C)C(C)(c1ccc(OC(C)O)cc1)c1ccc(OC(C)O)cc1. The van der Waals surface area contributed by atoms with Crippen molar-refractivity contribution in [1.29, 1.82) is 0 Å². The molecule has 0 aliphatic carbocycles. The number of benzene rings is 2. The van der Waals surface area contributed by atoms with Crippen LogP contribution < -0.4 is 9.47 Å². The molecule has 0 aromatic heterocycles. The molecule has 0 saturated heterocycles. The number of esters is 2. The average Bonchev–Trinajstić information content (AvgIpc) is 2.78. The summed E-state index contributed by atoms with van der Waals surface area (Å²) in [5, 5.41) is 19.0. The van der Waals surface area contributed by atoms with Crippen LogP contribution in [0.3, 0.4) is 0 Å². The Balaban J connectivity index is 2.65. The number of ether oxygens (including phenoxy) is 4. The summed E-state index contributed by atoms with van der Waals surface area (Å²) in [6.07, 6.45) is -3.41. The van der Waals surface area contributed by atoms with Crippen molar-refractivity contribution in [3.8, 4) is 11.5 Å². The second-order valence-electron chi connectivity index (χ2n) is 8.39. The van der Waals surface area contributed by atoms with E-state index >= 15 is 0 Å². The van der Waals surface area contributed by atoms with Gasteiger partial charge in [0.15, 0.2) is 12.6 Å². The molecular formula is C27H32O8. The first-order valence-corrected chi connectivity index (χ1v) is 11.0. The summed E-state index contributed by atoms with van der Waals surface area (Å²) in [6.45, 7) is 14.9. The van der Waals surface area contributed by atoms with Gasteiger partial charge in [0.1, 0.15) is 11.5 Å². The van der Waals surface area contributed by atoms with Crippen LogP contribution in [0.2, 0.25) is 0 Å². The van der Waals surface area contributed by atoms with Crippen LogP contribution in [0.25, 0.3) is 0 Å². The lowest BCUT2D eigenvalue weighted by Gasteiger charge is -2.37. The molecule has 0 bridgehead atoms. The Morgan fingerprint density at radius 1 is 0.743 bits per heavy atom. The number of aliphatic hydroxyl groups is 2. The third kappa shape index (κ3) is 7.18. The highest BCUT2D eigenvalue weighted by molar-refractivity contribution is 5.89. The van der Waals surface area contributed by atoms with Gasteiger partial charge in [-0.3, -0.25) is 0 Å². The Bertz CT molecular complexity index is 970. The monoisotopic (exact) mass is 484 g/mol. The lowest BCUT2D eigenvalue weighted by molar-refractivity contribution is -0.192. The predicted molar refractivity (Wildman–Crippen MR) is 130 cm³/mol. The largest absolute Gasteiger partial charge is 0.465 e. The molecular weight excluding hydrogens is 452 g/mol. The number of rotatable bonds is 11. The molecule has 2 N–H and O–H groups in total. The van der Waals surface area contributed by atoms with Gasteiger partial charge in [-0.15, -0.1) is 0 Å². The maximum atomic E-state index is 12.5. The van der Waals surface area contributed by atoms with E-state index in [4.69, 9.17) is 18.9 Å². The number of aliphatic hydroxyl groups excluding tert-OH is 2. The van der Waals surface area contributed by atoms with Gasteiger partial charge in [0.05, 0.1) is 5.41 Å². The Kier molecular flexibility index (Phi) is 9.22. The molecule has 0 radical (unpaired) electrons. The third-order valence-electron chi connectivity index (χ3n) is 5.12. The lowest BCUT2D eigenvalue weighted by Crippen LogP contribution is -2.44. The molecule has 8 heteroatoms. The van der Waals surface area contributed by atoms with Gasteiger partial charge in [-0.25, -0.2) is 9.59 Å². The first-order valence-electron chi connectivity index (χ1n) is 11.0. The first kappa shape index (κ1) is 27.6. The molecule has 0 heterocycles. The van der Waals surface area contributed by atoms with Crippen LogP contribution >= 0.6 is 0 Å². The number of hydrogen-bond donors (Lipinski definition) is 2. The minimum Gasteiger partial charge on any atom is -0.465 e. The Hall–Kier alpha value is -3.62. The van der Waals surface area contributed by atoms with Gasteiger partial charge >= 0.3 is 11.9 Å². The van der Waals surface area contributed by atoms with Gasteiger partial charge in [-0.2, -0.15) is 0 Å². The van der Waals surface area contributed by atoms with E-state index in [1.807, 2.05) is 0 Å². The number of carbonyl (C=O) groups is 2. The summed E-state index contributed by atoms with van der Waals surface area (Å²) in [5.74, 6) is -0.639. The topological polar surface area (TPSA) is 112 Å². The molecule has 0 aliphatic heterocycles. The van der Waals surface area contributed by atoms with Gasteiger partial charge in [0.25, 0.3) is 6.29 Å². The maximum Gasteiger partial charge on any atom is 0.336 e. The smallest absolute Gasteiger partial charge is 0.336 e. The quantitative estimate of drug-likeness (QED) is 0.280. The molecule has 0 fully saturated rings. The standard InChI is InChI=1S/C27H32O8/c1-16(2)24(30)34-26(35-25(31)17(3)4)27(7,20-8-12-22(13-9-20)32-18(5)28)21-10-14-23(15-11-21)33-19(6)29/h8-15,18-19,26,28-29H,1,3H2,2,4-7H3. The van der Waals surface area contributed by atoms with E-state index in [0.717, 1.165) is 0 Å². The third-order valence-corrected chi connectivity index (χ3v) is 5.12. The van der Waals surface area contributed by atoms with Crippen LogP contribution in [0.5, 0.6) is 11.5 Å². The van der Waals surface area contributed by atoms with Crippen LogP contribution in [-0.2, 0) is 24.5 Å². The molecule has 2 rings (SSSR count). The number of hydrogen-bond acceptors (Lipinski definition) is 8. The van der Waals surface area contributed by atoms with Crippen molar-refractivity contribution in [1.82, 2.24) is 0 Å². The van der Waals surface area contributed by atoms with Crippen LogP contribution in [0.1, 0.15) is 45.7 Å². The average molecular weight is 485 g/mol. The van der Waals surface area contributed by atoms with E-state index < -0.39 is 36.2 Å². The van der Waals surface area contributed by atoms with E-state index in [2.05, 4.69) is 13.2 Å². The van der Waals surface area contributed by atoms with Crippen molar-refractivity contribution in [2.24, 2.45) is 0 Å². The molecule has 2 unspecified atom stereocenters. The summed E-state index contributed by atoms with van der Waals surface area (Å²) >= 11 is 0. The summed E-state index contributed by atoms with van der Waals surface area (Å²) in [5.41, 5.74) is 0.292. The van der Waals surface area contributed by atoms with Gasteiger partial charge in [0, 0.05) is 11.1 Å². The van der Waals surface area contributed by atoms with Crippen molar-refractivity contribution in [3.05, 3.63) is 84.0 Å². The molecule has 2 aromatic rings. The fraction of sp³-hybridized carbons (Fsp3) is 0.333. The van der Waals surface area contributed by atoms with Gasteiger partial charge in [0.2, 0.25) is 0 Å². The summed E-state index contributed by atoms with van der Waals surface area (Å²) in [7, 11) is 0. The minimum absolute atomic E-state index is 0.130. The van der Waals surface area contributed by atoms with Crippen LogP contribution in [0.4, 0.5) is 0 Å². The normalized spacial score (nSPS) is 14.3. The fourth-order valence-corrected chi connectivity index (χ4v) is 3.25. The fourth-order valence-electron chi connectivity index (χ4n) is 3.25. The van der Waals surface area contributed by atoms with Crippen molar-refractivity contribution in [3.63, 3.8) is 0 Å². The molecule has 0 aliphatic rings. The van der Waals surface area contributed by atoms with Gasteiger partial charge < -0.3 is 29.2 Å². The van der Waals surface area contributed by atoms with E-state index in [1.165, 1.54) is 27.7 Å². The molecule has 0 spiro atoms.